The van der Waals surface area contributed by atoms with E-state index in [9.17, 15) is 4.39 Å². The lowest BCUT2D eigenvalue weighted by atomic mass is 9.88. The van der Waals surface area contributed by atoms with Crippen molar-refractivity contribution in [3.05, 3.63) is 35.6 Å². The topological polar surface area (TPSA) is 21.3 Å². The molecule has 106 valence electrons. The van der Waals surface area contributed by atoms with Crippen molar-refractivity contribution in [3.63, 3.8) is 0 Å². The van der Waals surface area contributed by atoms with Crippen molar-refractivity contribution in [1.29, 1.82) is 0 Å². The van der Waals surface area contributed by atoms with Crippen LogP contribution >= 0.6 is 0 Å². The first-order valence-electron chi connectivity index (χ1n) is 7.17. The molecule has 1 fully saturated rings. The van der Waals surface area contributed by atoms with Crippen LogP contribution in [0.4, 0.5) is 4.39 Å². The highest BCUT2D eigenvalue weighted by atomic mass is 19.1. The first-order valence-corrected chi connectivity index (χ1v) is 7.17. The molecular formula is C16H24FNO. The van der Waals surface area contributed by atoms with E-state index in [1.54, 1.807) is 6.07 Å². The normalized spacial score (nSPS) is 26.3. The van der Waals surface area contributed by atoms with Crippen LogP contribution in [0.3, 0.4) is 0 Å². The summed E-state index contributed by atoms with van der Waals surface area (Å²) in [5, 5.41) is 3.46. The fraction of sp³-hybridized carbons (Fsp3) is 0.625. The summed E-state index contributed by atoms with van der Waals surface area (Å²) in [5.41, 5.74) is 0.278. The van der Waals surface area contributed by atoms with Gasteiger partial charge in [0.2, 0.25) is 0 Å². The molecule has 1 aromatic carbocycles. The van der Waals surface area contributed by atoms with E-state index in [0.717, 1.165) is 31.5 Å². The number of benzene rings is 1. The second kappa shape index (κ2) is 5.59. The Kier molecular flexibility index (Phi) is 4.26. The molecule has 1 unspecified atom stereocenters. The Labute approximate surface area is 115 Å². The van der Waals surface area contributed by atoms with Crippen LogP contribution in [-0.4, -0.2) is 24.3 Å². The summed E-state index contributed by atoms with van der Waals surface area (Å²) < 4.78 is 20.2. The Morgan fingerprint density at radius 2 is 1.89 bits per heavy atom. The van der Waals surface area contributed by atoms with E-state index in [0.29, 0.717) is 6.42 Å². The number of hydrogen-bond donors (Lipinski definition) is 1. The smallest absolute Gasteiger partial charge is 0.126 e. The van der Waals surface area contributed by atoms with E-state index in [1.807, 2.05) is 12.1 Å². The summed E-state index contributed by atoms with van der Waals surface area (Å²) in [4.78, 5) is 0. The van der Waals surface area contributed by atoms with Gasteiger partial charge in [-0.1, -0.05) is 32.0 Å². The number of halogens is 1. The summed E-state index contributed by atoms with van der Waals surface area (Å²) >= 11 is 0. The van der Waals surface area contributed by atoms with E-state index in [1.165, 1.54) is 6.07 Å². The zero-order chi connectivity index (χ0) is 13.9. The molecule has 1 saturated heterocycles. The van der Waals surface area contributed by atoms with Crippen LogP contribution in [0.2, 0.25) is 0 Å². The third-order valence-electron chi connectivity index (χ3n) is 4.22. The number of rotatable bonds is 4. The summed E-state index contributed by atoms with van der Waals surface area (Å²) in [5.74, 6) is -0.142. The molecule has 0 aliphatic carbocycles. The molecule has 0 amide bonds. The maximum atomic E-state index is 13.8. The molecular weight excluding hydrogens is 241 g/mol. The monoisotopic (exact) mass is 265 g/mol. The van der Waals surface area contributed by atoms with Gasteiger partial charge in [-0.05, 0) is 31.4 Å². The van der Waals surface area contributed by atoms with Crippen molar-refractivity contribution in [2.45, 2.75) is 51.2 Å². The van der Waals surface area contributed by atoms with Gasteiger partial charge in [0.25, 0.3) is 0 Å². The zero-order valence-corrected chi connectivity index (χ0v) is 12.1. The second-order valence-corrected chi connectivity index (χ2v) is 5.81. The van der Waals surface area contributed by atoms with Crippen LogP contribution in [0, 0.1) is 5.82 Å². The molecule has 2 nitrogen and oxygen atoms in total. The van der Waals surface area contributed by atoms with Gasteiger partial charge >= 0.3 is 0 Å². The van der Waals surface area contributed by atoms with Gasteiger partial charge in [0.1, 0.15) is 5.82 Å². The molecule has 19 heavy (non-hydrogen) atoms. The van der Waals surface area contributed by atoms with Crippen LogP contribution < -0.4 is 5.32 Å². The van der Waals surface area contributed by atoms with Crippen LogP contribution in [0.1, 0.15) is 39.2 Å². The van der Waals surface area contributed by atoms with Gasteiger partial charge < -0.3 is 10.1 Å². The lowest BCUT2D eigenvalue weighted by Crippen LogP contribution is -2.59. The Morgan fingerprint density at radius 3 is 2.53 bits per heavy atom. The summed E-state index contributed by atoms with van der Waals surface area (Å²) in [6.45, 7) is 8.03. The predicted molar refractivity (Wildman–Crippen MR) is 75.8 cm³/mol. The van der Waals surface area contributed by atoms with Crippen molar-refractivity contribution < 1.29 is 9.13 Å². The Morgan fingerprint density at radius 1 is 1.21 bits per heavy atom. The molecule has 0 bridgehead atoms. The van der Waals surface area contributed by atoms with Crippen LogP contribution in [0.15, 0.2) is 24.3 Å². The number of nitrogens with one attached hydrogen (secondary N) is 1. The molecule has 1 N–H and O–H groups in total. The first-order chi connectivity index (χ1) is 9.02. The van der Waals surface area contributed by atoms with Crippen molar-refractivity contribution in [1.82, 2.24) is 5.32 Å². The fourth-order valence-electron chi connectivity index (χ4n) is 2.94. The molecule has 0 spiro atoms. The minimum absolute atomic E-state index is 0.113. The lowest BCUT2D eigenvalue weighted by molar-refractivity contribution is -0.172. The number of morpholine rings is 1. The minimum atomic E-state index is -0.341. The number of hydrogen-bond acceptors (Lipinski definition) is 2. The molecule has 2 rings (SSSR count). The van der Waals surface area contributed by atoms with Gasteiger partial charge in [0.05, 0.1) is 11.2 Å². The van der Waals surface area contributed by atoms with E-state index in [-0.39, 0.29) is 17.0 Å². The molecule has 1 atom stereocenters. The van der Waals surface area contributed by atoms with Gasteiger partial charge in [-0.3, -0.25) is 0 Å². The van der Waals surface area contributed by atoms with Crippen molar-refractivity contribution in [3.8, 4) is 0 Å². The lowest BCUT2D eigenvalue weighted by Gasteiger charge is -2.47. The van der Waals surface area contributed by atoms with E-state index < -0.39 is 0 Å². The number of ether oxygens (including phenoxy) is 1. The Bertz CT molecular complexity index is 431. The molecule has 3 heteroatoms. The summed E-state index contributed by atoms with van der Waals surface area (Å²) in [6, 6.07) is 6.97. The summed E-state index contributed by atoms with van der Waals surface area (Å²) in [7, 11) is 0. The van der Waals surface area contributed by atoms with Crippen molar-refractivity contribution in [2.24, 2.45) is 0 Å². The van der Waals surface area contributed by atoms with Gasteiger partial charge in [0, 0.05) is 19.5 Å². The second-order valence-electron chi connectivity index (χ2n) is 5.81. The largest absolute Gasteiger partial charge is 0.366 e. The molecule has 0 aromatic heterocycles. The molecule has 0 radical (unpaired) electrons. The Hall–Kier alpha value is -0.930. The zero-order valence-electron chi connectivity index (χ0n) is 12.1. The predicted octanol–water partition coefficient (Wildman–Crippen LogP) is 3.31. The molecule has 0 saturated carbocycles. The maximum Gasteiger partial charge on any atom is 0.126 e. The highest BCUT2D eigenvalue weighted by molar-refractivity contribution is 5.20. The van der Waals surface area contributed by atoms with Crippen molar-refractivity contribution in [2.75, 3.05) is 13.1 Å². The quantitative estimate of drug-likeness (QED) is 0.902. The standard InChI is InChI=1S/C16H24FNO/c1-4-16(5-2)12-18-11-15(3,19-16)10-13-8-6-7-9-14(13)17/h6-9,18H,4-5,10-12H2,1-3H3. The highest BCUT2D eigenvalue weighted by Crippen LogP contribution is 2.32. The van der Waals surface area contributed by atoms with Gasteiger partial charge in [-0.25, -0.2) is 4.39 Å². The van der Waals surface area contributed by atoms with Crippen LogP contribution in [0.5, 0.6) is 0 Å². The third kappa shape index (κ3) is 3.15. The maximum absolute atomic E-state index is 13.8. The first kappa shape index (κ1) is 14.5. The highest BCUT2D eigenvalue weighted by Gasteiger charge is 2.41. The fourth-order valence-corrected chi connectivity index (χ4v) is 2.94. The summed E-state index contributed by atoms with van der Waals surface area (Å²) in [6.07, 6.45) is 2.56. The van der Waals surface area contributed by atoms with E-state index >= 15 is 0 Å². The van der Waals surface area contributed by atoms with Gasteiger partial charge in [-0.2, -0.15) is 0 Å². The van der Waals surface area contributed by atoms with E-state index in [2.05, 4.69) is 26.1 Å². The molecule has 1 aliphatic rings. The van der Waals surface area contributed by atoms with Gasteiger partial charge in [0.15, 0.2) is 0 Å². The molecule has 1 aromatic rings. The molecule has 1 aliphatic heterocycles. The molecule has 1 heterocycles. The Balaban J connectivity index is 2.16. The average molecular weight is 265 g/mol. The minimum Gasteiger partial charge on any atom is -0.366 e. The van der Waals surface area contributed by atoms with Crippen LogP contribution in [0.25, 0.3) is 0 Å². The van der Waals surface area contributed by atoms with E-state index in [4.69, 9.17) is 4.74 Å². The average Bonchev–Trinajstić information content (AvgIpc) is 2.41. The SMILES string of the molecule is CCC1(CC)CNCC(C)(Cc2ccccc2F)O1. The van der Waals surface area contributed by atoms with Crippen molar-refractivity contribution >= 4 is 0 Å². The van der Waals surface area contributed by atoms with Crippen LogP contribution in [-0.2, 0) is 11.2 Å². The third-order valence-corrected chi connectivity index (χ3v) is 4.22. The van der Waals surface area contributed by atoms with Gasteiger partial charge in [-0.15, -0.1) is 0 Å².